The van der Waals surface area contributed by atoms with Crippen molar-refractivity contribution >= 4 is 49.1 Å². The average molecular weight is 409 g/mol. The van der Waals surface area contributed by atoms with Crippen LogP contribution < -0.4 is 0 Å². The molecule has 1 fully saturated rings. The summed E-state index contributed by atoms with van der Waals surface area (Å²) in [4.78, 5) is 25.4. The lowest BCUT2D eigenvalue weighted by atomic mass is 10.0. The predicted octanol–water partition coefficient (Wildman–Crippen LogP) is 3.86. The van der Waals surface area contributed by atoms with Crippen molar-refractivity contribution in [2.75, 3.05) is 12.8 Å². The van der Waals surface area contributed by atoms with Crippen LogP contribution in [0.4, 0.5) is 4.79 Å². The molecule has 0 aromatic rings. The van der Waals surface area contributed by atoms with Gasteiger partial charge in [-0.3, -0.25) is 4.79 Å². The van der Waals surface area contributed by atoms with Gasteiger partial charge in [0.1, 0.15) is 6.61 Å². The molecule has 0 saturated carbocycles. The van der Waals surface area contributed by atoms with Gasteiger partial charge < -0.3 is 4.74 Å². The normalized spacial score (nSPS) is 20.0. The number of carbonyl (C=O) groups is 2. The SMILES string of the molecule is C=PCC[C@H]1COC(=O)N1C(=O)[C@@H](C)CCCC(=C)I. The van der Waals surface area contributed by atoms with Crippen molar-refractivity contribution < 1.29 is 14.3 Å². The van der Waals surface area contributed by atoms with Gasteiger partial charge in [-0.1, -0.05) is 19.8 Å². The van der Waals surface area contributed by atoms with Crippen molar-refractivity contribution in [3.63, 3.8) is 0 Å². The number of carbonyl (C=O) groups excluding carboxylic acids is 2. The van der Waals surface area contributed by atoms with E-state index in [9.17, 15) is 9.59 Å². The maximum atomic E-state index is 12.4. The minimum Gasteiger partial charge on any atom is -0.447 e. The summed E-state index contributed by atoms with van der Waals surface area (Å²) in [5.74, 6) is -0.270. The fraction of sp³-hybridized carbons (Fsp3) is 0.643. The lowest BCUT2D eigenvalue weighted by Crippen LogP contribution is -2.42. The number of amides is 2. The number of hydrogen-bond donors (Lipinski definition) is 0. The summed E-state index contributed by atoms with van der Waals surface area (Å²) in [6.07, 6.45) is 7.49. The Morgan fingerprint density at radius 1 is 1.65 bits per heavy atom. The molecule has 112 valence electrons. The van der Waals surface area contributed by atoms with Crippen LogP contribution in [0.15, 0.2) is 10.2 Å². The maximum absolute atomic E-state index is 12.4. The highest BCUT2D eigenvalue weighted by Crippen LogP contribution is 2.23. The van der Waals surface area contributed by atoms with E-state index in [2.05, 4.69) is 35.5 Å². The molecular formula is C14H21INO3P. The van der Waals surface area contributed by atoms with Crippen LogP contribution in [0.1, 0.15) is 32.6 Å². The van der Waals surface area contributed by atoms with Gasteiger partial charge in [0.25, 0.3) is 0 Å². The Morgan fingerprint density at radius 2 is 2.35 bits per heavy atom. The molecular weight excluding hydrogens is 388 g/mol. The molecule has 0 unspecified atom stereocenters. The van der Waals surface area contributed by atoms with Crippen LogP contribution in [0.25, 0.3) is 0 Å². The Balaban J connectivity index is 2.55. The molecule has 0 aliphatic carbocycles. The first-order valence-corrected chi connectivity index (χ1v) is 9.07. The molecule has 1 aliphatic rings. The van der Waals surface area contributed by atoms with Crippen molar-refractivity contribution in [1.82, 2.24) is 4.90 Å². The first-order chi connectivity index (χ1) is 9.47. The average Bonchev–Trinajstić information content (AvgIpc) is 2.76. The highest BCUT2D eigenvalue weighted by atomic mass is 127. The van der Waals surface area contributed by atoms with E-state index in [0.717, 1.165) is 43.6 Å². The third-order valence-electron chi connectivity index (χ3n) is 3.33. The zero-order chi connectivity index (χ0) is 15.1. The number of ether oxygens (including phenoxy) is 1. The van der Waals surface area contributed by atoms with E-state index in [1.807, 2.05) is 6.92 Å². The van der Waals surface area contributed by atoms with Gasteiger partial charge in [-0.05, 0) is 58.0 Å². The zero-order valence-electron chi connectivity index (χ0n) is 11.8. The standard InChI is InChI=1S/C14H21INO3P/c1-10(5-4-6-11(2)15)13(17)16-12(7-8-20-3)9-19-14(16)18/h10,12H,2-9H2,1H3/t10-,12-/m0/s1. The van der Waals surface area contributed by atoms with Crippen LogP contribution in [-0.2, 0) is 9.53 Å². The van der Waals surface area contributed by atoms with Crippen molar-refractivity contribution in [2.45, 2.75) is 38.6 Å². The number of allylic oxidation sites excluding steroid dienone is 1. The molecule has 20 heavy (non-hydrogen) atoms. The summed E-state index contributed by atoms with van der Waals surface area (Å²) in [6, 6.07) is -0.119. The van der Waals surface area contributed by atoms with Crippen molar-refractivity contribution in [1.29, 1.82) is 0 Å². The molecule has 0 aromatic carbocycles. The lowest BCUT2D eigenvalue weighted by Gasteiger charge is -2.22. The van der Waals surface area contributed by atoms with E-state index in [0.29, 0.717) is 6.61 Å². The monoisotopic (exact) mass is 409 g/mol. The van der Waals surface area contributed by atoms with Crippen LogP contribution in [0.2, 0.25) is 0 Å². The molecule has 1 saturated heterocycles. The molecule has 0 aromatic heterocycles. The highest BCUT2D eigenvalue weighted by molar-refractivity contribution is 14.1. The Bertz CT molecular complexity index is 400. The summed E-state index contributed by atoms with van der Waals surface area (Å²) in [7, 11) is 1.02. The fourth-order valence-electron chi connectivity index (χ4n) is 2.14. The second-order valence-electron chi connectivity index (χ2n) is 4.99. The molecule has 4 nitrogen and oxygen atoms in total. The van der Waals surface area contributed by atoms with E-state index >= 15 is 0 Å². The quantitative estimate of drug-likeness (QED) is 0.452. The van der Waals surface area contributed by atoms with Gasteiger partial charge in [-0.15, -0.1) is 8.20 Å². The van der Waals surface area contributed by atoms with E-state index in [1.54, 1.807) is 0 Å². The van der Waals surface area contributed by atoms with Crippen LogP contribution in [0.5, 0.6) is 0 Å². The predicted molar refractivity (Wildman–Crippen MR) is 91.7 cm³/mol. The Hall–Kier alpha value is -0.420. The topological polar surface area (TPSA) is 46.6 Å². The minimum absolute atomic E-state index is 0.114. The van der Waals surface area contributed by atoms with Gasteiger partial charge in [-0.2, -0.15) is 0 Å². The number of nitrogens with zero attached hydrogens (tertiary/aromatic N) is 1. The first-order valence-electron chi connectivity index (χ1n) is 6.73. The smallest absolute Gasteiger partial charge is 0.416 e. The highest BCUT2D eigenvalue weighted by Gasteiger charge is 2.38. The van der Waals surface area contributed by atoms with Gasteiger partial charge >= 0.3 is 6.09 Å². The second-order valence-corrected chi connectivity index (χ2v) is 7.41. The number of hydrogen-bond acceptors (Lipinski definition) is 3. The number of halogens is 1. The Labute approximate surface area is 135 Å². The van der Waals surface area contributed by atoms with Crippen molar-refractivity contribution in [2.24, 2.45) is 5.92 Å². The second kappa shape index (κ2) is 8.78. The van der Waals surface area contributed by atoms with Gasteiger partial charge in [-0.25, -0.2) is 9.69 Å². The van der Waals surface area contributed by atoms with Crippen LogP contribution in [0, 0.1) is 5.92 Å². The Kier molecular flexibility index (Phi) is 7.74. The minimum atomic E-state index is -0.495. The van der Waals surface area contributed by atoms with E-state index < -0.39 is 6.09 Å². The molecule has 6 heteroatoms. The molecule has 2 atom stereocenters. The van der Waals surface area contributed by atoms with E-state index in [-0.39, 0.29) is 17.9 Å². The summed E-state index contributed by atoms with van der Waals surface area (Å²) in [6.45, 7) is 6.04. The third-order valence-corrected chi connectivity index (χ3v) is 4.44. The summed E-state index contributed by atoms with van der Waals surface area (Å²) in [5, 5.41) is 0. The summed E-state index contributed by atoms with van der Waals surface area (Å²) < 4.78 is 6.11. The van der Waals surface area contributed by atoms with Crippen LogP contribution in [0.3, 0.4) is 0 Å². The van der Waals surface area contributed by atoms with Crippen LogP contribution >= 0.6 is 30.8 Å². The van der Waals surface area contributed by atoms with Crippen molar-refractivity contribution in [3.05, 3.63) is 10.2 Å². The largest absolute Gasteiger partial charge is 0.447 e. The first kappa shape index (κ1) is 17.6. The molecule has 0 spiro atoms. The third kappa shape index (κ3) is 5.17. The van der Waals surface area contributed by atoms with E-state index in [1.165, 1.54) is 4.90 Å². The van der Waals surface area contributed by atoms with Gasteiger partial charge in [0.05, 0.1) is 6.04 Å². The Morgan fingerprint density at radius 3 is 2.95 bits per heavy atom. The van der Waals surface area contributed by atoms with Gasteiger partial charge in [0.2, 0.25) is 5.91 Å². The summed E-state index contributed by atoms with van der Waals surface area (Å²) in [5.41, 5.74) is 0. The molecule has 0 radical (unpaired) electrons. The summed E-state index contributed by atoms with van der Waals surface area (Å²) >= 11 is 2.20. The van der Waals surface area contributed by atoms with Gasteiger partial charge in [0, 0.05) is 5.92 Å². The molecule has 2 amide bonds. The lowest BCUT2D eigenvalue weighted by molar-refractivity contribution is -0.133. The maximum Gasteiger partial charge on any atom is 0.416 e. The molecule has 1 aliphatic heterocycles. The zero-order valence-corrected chi connectivity index (χ0v) is 14.9. The van der Waals surface area contributed by atoms with Gasteiger partial charge in [0.15, 0.2) is 0 Å². The number of imide groups is 1. The molecule has 0 N–H and O–H groups in total. The van der Waals surface area contributed by atoms with Crippen LogP contribution in [-0.4, -0.2) is 42.0 Å². The number of cyclic esters (lactones) is 1. The molecule has 0 bridgehead atoms. The van der Waals surface area contributed by atoms with E-state index in [4.69, 9.17) is 4.74 Å². The molecule has 1 rings (SSSR count). The number of rotatable bonds is 8. The fourth-order valence-corrected chi connectivity index (χ4v) is 3.01. The molecule has 1 heterocycles. The van der Waals surface area contributed by atoms with Crippen molar-refractivity contribution in [3.8, 4) is 0 Å².